The summed E-state index contributed by atoms with van der Waals surface area (Å²) in [5, 5.41) is 9.74. The van der Waals surface area contributed by atoms with Gasteiger partial charge in [-0.05, 0) is 19.1 Å². The zero-order valence-corrected chi connectivity index (χ0v) is 13.7. The Hall–Kier alpha value is -1.95. The molecule has 2 aliphatic heterocycles. The lowest BCUT2D eigenvalue weighted by Gasteiger charge is -2.25. The summed E-state index contributed by atoms with van der Waals surface area (Å²) in [6, 6.07) is 5.98. The maximum atomic E-state index is 11.9. The number of amides is 1. The van der Waals surface area contributed by atoms with Crippen LogP contribution in [0.4, 0.5) is 0 Å². The smallest absolute Gasteiger partial charge is 0.313 e. The van der Waals surface area contributed by atoms with E-state index < -0.39 is 11.4 Å². The average Bonchev–Trinajstić information content (AvgIpc) is 3.00. The van der Waals surface area contributed by atoms with E-state index >= 15 is 0 Å². The molecule has 124 valence electrons. The van der Waals surface area contributed by atoms with E-state index in [1.54, 1.807) is 4.90 Å². The lowest BCUT2D eigenvalue weighted by atomic mass is 9.81. The van der Waals surface area contributed by atoms with Crippen LogP contribution in [0.1, 0.15) is 18.3 Å². The van der Waals surface area contributed by atoms with E-state index in [1.807, 2.05) is 25.1 Å². The predicted octanol–water partition coefficient (Wildman–Crippen LogP) is 0.797. The zero-order valence-electron chi connectivity index (χ0n) is 13.7. The van der Waals surface area contributed by atoms with Crippen LogP contribution in [-0.4, -0.2) is 64.5 Å². The fourth-order valence-corrected chi connectivity index (χ4v) is 3.89. The van der Waals surface area contributed by atoms with E-state index in [0.29, 0.717) is 19.6 Å². The lowest BCUT2D eigenvalue weighted by molar-refractivity contribution is -0.149. The van der Waals surface area contributed by atoms with Crippen molar-refractivity contribution in [2.24, 2.45) is 11.3 Å². The first kappa shape index (κ1) is 15.9. The number of aryl methyl sites for hydroxylation is 1. The van der Waals surface area contributed by atoms with Crippen molar-refractivity contribution >= 4 is 11.9 Å². The molecule has 2 atom stereocenters. The molecule has 0 aliphatic carbocycles. The molecular formula is C17H23N3O3. The van der Waals surface area contributed by atoms with Gasteiger partial charge in [0.2, 0.25) is 5.91 Å². The molecule has 0 spiro atoms. The highest BCUT2D eigenvalue weighted by atomic mass is 16.4. The number of carbonyl (C=O) groups excluding carboxylic acids is 1. The quantitative estimate of drug-likeness (QED) is 0.889. The molecule has 0 aromatic carbocycles. The van der Waals surface area contributed by atoms with Crippen molar-refractivity contribution in [1.82, 2.24) is 14.8 Å². The van der Waals surface area contributed by atoms with Gasteiger partial charge in [0.05, 0.1) is 0 Å². The fourth-order valence-electron chi connectivity index (χ4n) is 3.89. The Bertz CT molecular complexity index is 633. The van der Waals surface area contributed by atoms with Gasteiger partial charge in [-0.3, -0.25) is 14.6 Å². The first-order valence-corrected chi connectivity index (χ1v) is 8.04. The van der Waals surface area contributed by atoms with Gasteiger partial charge in [0.15, 0.2) is 0 Å². The molecule has 2 saturated heterocycles. The van der Waals surface area contributed by atoms with Gasteiger partial charge >= 0.3 is 5.97 Å². The van der Waals surface area contributed by atoms with Crippen molar-refractivity contribution in [3.63, 3.8) is 0 Å². The van der Waals surface area contributed by atoms with Gasteiger partial charge in [0, 0.05) is 63.4 Å². The molecule has 3 heterocycles. The van der Waals surface area contributed by atoms with Crippen LogP contribution in [0.5, 0.6) is 0 Å². The van der Waals surface area contributed by atoms with E-state index in [0.717, 1.165) is 30.9 Å². The molecule has 1 amide bonds. The summed E-state index contributed by atoms with van der Waals surface area (Å²) >= 11 is 0. The second-order valence-electron chi connectivity index (χ2n) is 6.81. The van der Waals surface area contributed by atoms with Gasteiger partial charge in [0.25, 0.3) is 0 Å². The van der Waals surface area contributed by atoms with Crippen LogP contribution in [0.25, 0.3) is 0 Å². The molecule has 3 rings (SSSR count). The number of rotatable bonds is 4. The molecule has 0 radical (unpaired) electrons. The van der Waals surface area contributed by atoms with Gasteiger partial charge in [-0.1, -0.05) is 6.07 Å². The van der Waals surface area contributed by atoms with E-state index in [9.17, 15) is 14.7 Å². The largest absolute Gasteiger partial charge is 0.481 e. The number of pyridine rings is 1. The zero-order chi connectivity index (χ0) is 16.6. The van der Waals surface area contributed by atoms with Gasteiger partial charge < -0.3 is 14.9 Å². The second kappa shape index (κ2) is 5.92. The van der Waals surface area contributed by atoms with Crippen molar-refractivity contribution in [1.29, 1.82) is 0 Å². The maximum absolute atomic E-state index is 11.9. The number of carbonyl (C=O) groups is 2. The predicted molar refractivity (Wildman–Crippen MR) is 84.9 cm³/mol. The first-order chi connectivity index (χ1) is 10.9. The van der Waals surface area contributed by atoms with E-state index in [1.165, 1.54) is 6.92 Å². The minimum atomic E-state index is -0.800. The number of carboxylic acid groups (broad SMARTS) is 1. The highest BCUT2D eigenvalue weighted by molar-refractivity contribution is 5.80. The molecule has 0 bridgehead atoms. The second-order valence-corrected chi connectivity index (χ2v) is 6.81. The Kier molecular flexibility index (Phi) is 4.10. The molecule has 6 heteroatoms. The third-order valence-electron chi connectivity index (χ3n) is 5.18. The summed E-state index contributed by atoms with van der Waals surface area (Å²) in [5.41, 5.74) is 1.24. The van der Waals surface area contributed by atoms with E-state index in [-0.39, 0.29) is 11.8 Å². The van der Waals surface area contributed by atoms with Crippen LogP contribution < -0.4 is 0 Å². The van der Waals surface area contributed by atoms with Crippen LogP contribution in [0.2, 0.25) is 0 Å². The Morgan fingerprint density at radius 3 is 2.74 bits per heavy atom. The van der Waals surface area contributed by atoms with Crippen LogP contribution in [0.3, 0.4) is 0 Å². The number of likely N-dealkylation sites (tertiary alicyclic amines) is 2. The van der Waals surface area contributed by atoms with E-state index in [2.05, 4.69) is 9.88 Å². The van der Waals surface area contributed by atoms with Gasteiger partial charge in [-0.2, -0.15) is 0 Å². The summed E-state index contributed by atoms with van der Waals surface area (Å²) in [7, 11) is 0. The molecule has 0 unspecified atom stereocenters. The molecular weight excluding hydrogens is 294 g/mol. The number of hydrogen-bond acceptors (Lipinski definition) is 4. The summed E-state index contributed by atoms with van der Waals surface area (Å²) in [6.45, 7) is 6.44. The van der Waals surface area contributed by atoms with Crippen LogP contribution >= 0.6 is 0 Å². The molecule has 2 aliphatic rings. The van der Waals surface area contributed by atoms with Crippen molar-refractivity contribution in [2.45, 2.75) is 20.3 Å². The summed E-state index contributed by atoms with van der Waals surface area (Å²) < 4.78 is 0. The maximum Gasteiger partial charge on any atom is 0.313 e. The number of aromatic nitrogens is 1. The monoisotopic (exact) mass is 317 g/mol. The molecule has 23 heavy (non-hydrogen) atoms. The van der Waals surface area contributed by atoms with Gasteiger partial charge in [-0.25, -0.2) is 0 Å². The third-order valence-corrected chi connectivity index (χ3v) is 5.18. The molecule has 2 fully saturated rings. The fraction of sp³-hybridized carbons (Fsp3) is 0.588. The van der Waals surface area contributed by atoms with Crippen LogP contribution in [0, 0.1) is 18.3 Å². The molecule has 6 nitrogen and oxygen atoms in total. The molecule has 1 N–H and O–H groups in total. The van der Waals surface area contributed by atoms with Crippen molar-refractivity contribution < 1.29 is 14.7 Å². The topological polar surface area (TPSA) is 73.7 Å². The highest BCUT2D eigenvalue weighted by Crippen LogP contribution is 2.42. The minimum absolute atomic E-state index is 0.0226. The average molecular weight is 317 g/mol. The van der Waals surface area contributed by atoms with Gasteiger partial charge in [0.1, 0.15) is 5.41 Å². The lowest BCUT2D eigenvalue weighted by Crippen LogP contribution is -2.41. The number of carboxylic acids is 1. The summed E-state index contributed by atoms with van der Waals surface area (Å²) in [6.07, 6.45) is 0.820. The first-order valence-electron chi connectivity index (χ1n) is 8.04. The SMILES string of the molecule is CC(=O)N1C[C@H]2CN(CCc3cccc(C)n3)C[C@@]2(C(=O)O)C1. The van der Waals surface area contributed by atoms with Crippen LogP contribution in [0.15, 0.2) is 18.2 Å². The van der Waals surface area contributed by atoms with Crippen molar-refractivity contribution in [2.75, 3.05) is 32.7 Å². The Morgan fingerprint density at radius 1 is 1.35 bits per heavy atom. The number of aliphatic carboxylic acids is 1. The number of hydrogen-bond donors (Lipinski definition) is 1. The highest BCUT2D eigenvalue weighted by Gasteiger charge is 2.57. The third kappa shape index (κ3) is 2.95. The molecule has 1 aromatic heterocycles. The minimum Gasteiger partial charge on any atom is -0.481 e. The van der Waals surface area contributed by atoms with Crippen molar-refractivity contribution in [3.8, 4) is 0 Å². The Morgan fingerprint density at radius 2 is 2.13 bits per heavy atom. The number of nitrogens with zero attached hydrogens (tertiary/aromatic N) is 3. The number of fused-ring (bicyclic) bond motifs is 1. The van der Waals surface area contributed by atoms with Crippen molar-refractivity contribution in [3.05, 3.63) is 29.6 Å². The standard InChI is InChI=1S/C17H23N3O3/c1-12-4-3-5-15(18-12)6-7-19-8-14-9-20(13(2)21)11-17(14,10-19)16(22)23/h3-5,14H,6-11H2,1-2H3,(H,22,23)/t14-,17-/m1/s1. The molecule has 1 aromatic rings. The summed E-state index contributed by atoms with van der Waals surface area (Å²) in [5.74, 6) is -0.785. The Balaban J connectivity index is 1.65. The van der Waals surface area contributed by atoms with Gasteiger partial charge in [-0.15, -0.1) is 0 Å². The molecule has 0 saturated carbocycles. The Labute approximate surface area is 136 Å². The van der Waals surface area contributed by atoms with E-state index in [4.69, 9.17) is 0 Å². The van der Waals surface area contributed by atoms with Crippen LogP contribution in [-0.2, 0) is 16.0 Å². The normalized spacial score (nSPS) is 27.2. The summed E-state index contributed by atoms with van der Waals surface area (Å²) in [4.78, 5) is 31.8.